The Morgan fingerprint density at radius 3 is 2.69 bits per heavy atom. The summed E-state index contributed by atoms with van der Waals surface area (Å²) in [5.74, 6) is 0.500. The van der Waals surface area contributed by atoms with Crippen LogP contribution in [0.3, 0.4) is 0 Å². The van der Waals surface area contributed by atoms with E-state index in [1.807, 2.05) is 0 Å². The number of likely N-dealkylation sites (tertiary alicyclic amines) is 1. The van der Waals surface area contributed by atoms with Crippen molar-refractivity contribution in [3.8, 4) is 0 Å². The van der Waals surface area contributed by atoms with Gasteiger partial charge in [0.2, 0.25) is 0 Å². The summed E-state index contributed by atoms with van der Waals surface area (Å²) in [6.07, 6.45) is 6.88. The summed E-state index contributed by atoms with van der Waals surface area (Å²) in [5, 5.41) is 0. The van der Waals surface area contributed by atoms with Crippen LogP contribution in [0, 0.1) is 0 Å². The van der Waals surface area contributed by atoms with Gasteiger partial charge in [0, 0.05) is 12.5 Å². The third-order valence-electron chi connectivity index (χ3n) is 3.53. The summed E-state index contributed by atoms with van der Waals surface area (Å²) < 4.78 is 0. The van der Waals surface area contributed by atoms with E-state index in [2.05, 4.69) is 11.8 Å². The molecular formula is C11H19NO. The van der Waals surface area contributed by atoms with Gasteiger partial charge in [-0.05, 0) is 39.2 Å². The fourth-order valence-corrected chi connectivity index (χ4v) is 2.73. The molecule has 0 spiro atoms. The monoisotopic (exact) mass is 181 g/mol. The van der Waals surface area contributed by atoms with E-state index in [0.29, 0.717) is 11.8 Å². The summed E-state index contributed by atoms with van der Waals surface area (Å²) in [5.41, 5.74) is 0. The lowest BCUT2D eigenvalue weighted by atomic mass is 9.92. The molecule has 2 fully saturated rings. The van der Waals surface area contributed by atoms with Gasteiger partial charge in [0.25, 0.3) is 0 Å². The van der Waals surface area contributed by atoms with E-state index in [9.17, 15) is 4.79 Å². The van der Waals surface area contributed by atoms with E-state index in [1.165, 1.54) is 19.3 Å². The summed E-state index contributed by atoms with van der Waals surface area (Å²) in [7, 11) is 0. The van der Waals surface area contributed by atoms with Crippen molar-refractivity contribution in [2.45, 2.75) is 57.5 Å². The van der Waals surface area contributed by atoms with Gasteiger partial charge in [-0.3, -0.25) is 9.69 Å². The SMILES string of the molecule is CC1CCCN1C1CCCCC1=O. The third-order valence-corrected chi connectivity index (χ3v) is 3.53. The lowest BCUT2D eigenvalue weighted by molar-refractivity contribution is -0.126. The summed E-state index contributed by atoms with van der Waals surface area (Å²) >= 11 is 0. The number of carbonyl (C=O) groups excluding carboxylic acids is 1. The fourth-order valence-electron chi connectivity index (χ4n) is 2.73. The molecule has 0 amide bonds. The molecule has 0 aromatic carbocycles. The molecule has 1 heterocycles. The maximum Gasteiger partial charge on any atom is 0.149 e. The van der Waals surface area contributed by atoms with Crippen molar-refractivity contribution in [2.24, 2.45) is 0 Å². The number of Topliss-reactive ketones (excluding diaryl/α,β-unsaturated/α-hetero) is 1. The molecule has 13 heavy (non-hydrogen) atoms. The minimum Gasteiger partial charge on any atom is -0.298 e. The van der Waals surface area contributed by atoms with Gasteiger partial charge in [0.1, 0.15) is 5.78 Å². The second-order valence-corrected chi connectivity index (χ2v) is 4.46. The Balaban J connectivity index is 2.01. The van der Waals surface area contributed by atoms with Crippen molar-refractivity contribution < 1.29 is 4.79 Å². The minimum atomic E-state index is 0.284. The van der Waals surface area contributed by atoms with Crippen molar-refractivity contribution in [1.29, 1.82) is 0 Å². The van der Waals surface area contributed by atoms with Crippen molar-refractivity contribution in [3.05, 3.63) is 0 Å². The van der Waals surface area contributed by atoms with Gasteiger partial charge in [-0.25, -0.2) is 0 Å². The first-order valence-electron chi connectivity index (χ1n) is 5.57. The highest BCUT2D eigenvalue weighted by molar-refractivity contribution is 5.84. The van der Waals surface area contributed by atoms with Crippen molar-refractivity contribution in [2.75, 3.05) is 6.54 Å². The first-order valence-corrected chi connectivity index (χ1v) is 5.57. The van der Waals surface area contributed by atoms with Gasteiger partial charge in [0.15, 0.2) is 0 Å². The Morgan fingerprint density at radius 1 is 1.23 bits per heavy atom. The van der Waals surface area contributed by atoms with Crippen LogP contribution in [-0.2, 0) is 4.79 Å². The molecule has 2 rings (SSSR count). The molecule has 1 saturated carbocycles. The van der Waals surface area contributed by atoms with Crippen LogP contribution in [0.2, 0.25) is 0 Å². The van der Waals surface area contributed by atoms with Gasteiger partial charge < -0.3 is 0 Å². The number of rotatable bonds is 1. The van der Waals surface area contributed by atoms with Gasteiger partial charge >= 0.3 is 0 Å². The standard InChI is InChI=1S/C11H19NO/c1-9-5-4-8-12(9)10-6-2-3-7-11(10)13/h9-10H,2-8H2,1H3. The second kappa shape index (κ2) is 3.79. The normalized spacial score (nSPS) is 36.8. The average Bonchev–Trinajstić information content (AvgIpc) is 2.52. The molecule has 74 valence electrons. The maximum atomic E-state index is 11.7. The van der Waals surface area contributed by atoms with E-state index in [1.54, 1.807) is 0 Å². The predicted octanol–water partition coefficient (Wildman–Crippen LogP) is 1.98. The summed E-state index contributed by atoms with van der Waals surface area (Å²) in [6.45, 7) is 3.41. The molecule has 2 heteroatoms. The van der Waals surface area contributed by atoms with Crippen molar-refractivity contribution >= 4 is 5.78 Å². The molecule has 2 atom stereocenters. The Bertz CT molecular complexity index is 202. The van der Waals surface area contributed by atoms with E-state index >= 15 is 0 Å². The first kappa shape index (κ1) is 9.20. The molecule has 0 bridgehead atoms. The quantitative estimate of drug-likeness (QED) is 0.616. The molecule has 2 nitrogen and oxygen atoms in total. The van der Waals surface area contributed by atoms with Crippen LogP contribution in [0.1, 0.15) is 45.4 Å². The Hall–Kier alpha value is -0.370. The van der Waals surface area contributed by atoms with Crippen LogP contribution in [-0.4, -0.2) is 29.3 Å². The van der Waals surface area contributed by atoms with Crippen LogP contribution in [0.5, 0.6) is 0 Å². The van der Waals surface area contributed by atoms with Crippen LogP contribution in [0.15, 0.2) is 0 Å². The van der Waals surface area contributed by atoms with Gasteiger partial charge in [-0.2, -0.15) is 0 Å². The molecule has 0 aromatic rings. The second-order valence-electron chi connectivity index (χ2n) is 4.46. The molecule has 0 N–H and O–H groups in total. The number of carbonyl (C=O) groups is 1. The zero-order valence-electron chi connectivity index (χ0n) is 8.46. The van der Waals surface area contributed by atoms with Crippen LogP contribution < -0.4 is 0 Å². The lowest BCUT2D eigenvalue weighted by Gasteiger charge is -2.32. The van der Waals surface area contributed by atoms with E-state index in [0.717, 1.165) is 25.8 Å². The largest absolute Gasteiger partial charge is 0.298 e. The molecule has 0 aromatic heterocycles. The van der Waals surface area contributed by atoms with E-state index in [-0.39, 0.29) is 6.04 Å². The summed E-state index contributed by atoms with van der Waals surface area (Å²) in [4.78, 5) is 14.1. The number of hydrogen-bond donors (Lipinski definition) is 0. The molecule has 2 aliphatic rings. The molecule has 2 unspecified atom stereocenters. The highest BCUT2D eigenvalue weighted by atomic mass is 16.1. The third kappa shape index (κ3) is 1.78. The highest BCUT2D eigenvalue weighted by Gasteiger charge is 2.33. The van der Waals surface area contributed by atoms with Gasteiger partial charge in [0.05, 0.1) is 6.04 Å². The Kier molecular flexibility index (Phi) is 2.68. The smallest absolute Gasteiger partial charge is 0.149 e. The summed E-state index contributed by atoms with van der Waals surface area (Å²) in [6, 6.07) is 0.929. The van der Waals surface area contributed by atoms with Crippen molar-refractivity contribution in [3.63, 3.8) is 0 Å². The Morgan fingerprint density at radius 2 is 2.08 bits per heavy atom. The van der Waals surface area contributed by atoms with E-state index in [4.69, 9.17) is 0 Å². The van der Waals surface area contributed by atoms with Crippen LogP contribution >= 0.6 is 0 Å². The number of ketones is 1. The maximum absolute atomic E-state index is 11.7. The van der Waals surface area contributed by atoms with Crippen LogP contribution in [0.25, 0.3) is 0 Å². The topological polar surface area (TPSA) is 20.3 Å². The number of nitrogens with zero attached hydrogens (tertiary/aromatic N) is 1. The Labute approximate surface area is 80.3 Å². The van der Waals surface area contributed by atoms with E-state index < -0.39 is 0 Å². The average molecular weight is 181 g/mol. The van der Waals surface area contributed by atoms with Crippen molar-refractivity contribution in [1.82, 2.24) is 4.90 Å². The molecule has 1 aliphatic carbocycles. The predicted molar refractivity (Wildman–Crippen MR) is 52.7 cm³/mol. The van der Waals surface area contributed by atoms with Gasteiger partial charge in [-0.15, -0.1) is 0 Å². The molecular weight excluding hydrogens is 162 g/mol. The zero-order valence-corrected chi connectivity index (χ0v) is 8.46. The zero-order chi connectivity index (χ0) is 9.26. The minimum absolute atomic E-state index is 0.284. The lowest BCUT2D eigenvalue weighted by Crippen LogP contribution is -2.44. The molecule has 0 radical (unpaired) electrons. The fraction of sp³-hybridized carbons (Fsp3) is 0.909. The molecule has 1 saturated heterocycles. The van der Waals surface area contributed by atoms with Gasteiger partial charge in [-0.1, -0.05) is 6.42 Å². The number of hydrogen-bond acceptors (Lipinski definition) is 2. The highest BCUT2D eigenvalue weighted by Crippen LogP contribution is 2.26. The first-order chi connectivity index (χ1) is 6.29. The molecule has 1 aliphatic heterocycles. The van der Waals surface area contributed by atoms with Crippen LogP contribution in [0.4, 0.5) is 0 Å².